The third-order valence-corrected chi connectivity index (χ3v) is 2.29. The van der Waals surface area contributed by atoms with Gasteiger partial charge in [-0.1, -0.05) is 0 Å². The average molecular weight is 179 g/mol. The van der Waals surface area contributed by atoms with Crippen LogP contribution in [0.15, 0.2) is 12.4 Å². The van der Waals surface area contributed by atoms with Crippen LogP contribution in [-0.2, 0) is 0 Å². The Balaban J connectivity index is 2.76. The van der Waals surface area contributed by atoms with E-state index in [0.717, 1.165) is 4.72 Å². The molecule has 7 heavy (non-hydrogen) atoms. The molecule has 0 saturated carbocycles. The fourth-order valence-electron chi connectivity index (χ4n) is 0.301. The van der Waals surface area contributed by atoms with E-state index in [1.165, 1.54) is 0 Å². The van der Waals surface area contributed by atoms with Gasteiger partial charge in [-0.2, -0.15) is 0 Å². The Kier molecular flexibility index (Phi) is 1.79. The fraction of sp³-hybridized carbons (Fsp3) is 0. The van der Waals surface area contributed by atoms with Gasteiger partial charge in [0.2, 0.25) is 0 Å². The third kappa shape index (κ3) is 1.23. The molecule has 1 heterocycles. The number of hydrogen-bond acceptors (Lipinski definition) is 2. The Hall–Kier alpha value is 0.0795. The van der Waals surface area contributed by atoms with Crippen LogP contribution >= 0.6 is 11.0 Å². The molecule has 0 aromatic carbocycles. The Morgan fingerprint density at radius 3 is 3.00 bits per heavy atom. The monoisotopic (exact) mass is 180 g/mol. The molecule has 1 N–H and O–H groups in total. The molecule has 0 fully saturated rings. The van der Waals surface area contributed by atoms with Crippen molar-refractivity contribution in [3.05, 3.63) is 12.4 Å². The maximum absolute atomic E-state index is 4.04. The molecule has 0 unspecified atom stereocenters. The molecule has 38 valence electrons. The van der Waals surface area contributed by atoms with Crippen LogP contribution in [0.4, 0.5) is 0 Å². The minimum atomic E-state index is 0.226. The number of H-pyrrole nitrogens is 1. The molecule has 0 bridgehead atoms. The van der Waals surface area contributed by atoms with Gasteiger partial charge in [-0.15, -0.1) is 0 Å². The van der Waals surface area contributed by atoms with Gasteiger partial charge in [-0.3, -0.25) is 0 Å². The SMILES string of the molecule is S[Se]c1ncc[nH]1. The Morgan fingerprint density at radius 2 is 2.71 bits per heavy atom. The van der Waals surface area contributed by atoms with E-state index in [1.807, 2.05) is 0 Å². The first-order valence-corrected chi connectivity index (χ1v) is 5.26. The third-order valence-electron chi connectivity index (χ3n) is 0.560. The predicted molar refractivity (Wildman–Crippen MR) is 33.0 cm³/mol. The molecule has 0 aliphatic heterocycles. The summed E-state index contributed by atoms with van der Waals surface area (Å²) < 4.78 is 0.982. The maximum atomic E-state index is 4.04. The van der Waals surface area contributed by atoms with Crippen molar-refractivity contribution in [1.29, 1.82) is 0 Å². The molecule has 0 aliphatic rings. The molecule has 4 heteroatoms. The number of aromatic amines is 1. The summed E-state index contributed by atoms with van der Waals surface area (Å²) in [5.41, 5.74) is 0. The second-order valence-electron chi connectivity index (χ2n) is 0.986. The van der Waals surface area contributed by atoms with E-state index in [0.29, 0.717) is 0 Å². The summed E-state index contributed by atoms with van der Waals surface area (Å²) in [5.74, 6) is 0. The van der Waals surface area contributed by atoms with Gasteiger partial charge in [0.15, 0.2) is 0 Å². The number of thiol groups is 1. The fourth-order valence-corrected chi connectivity index (χ4v) is 1.30. The zero-order valence-corrected chi connectivity index (χ0v) is 6.06. The summed E-state index contributed by atoms with van der Waals surface area (Å²) in [6.07, 6.45) is 3.53. The van der Waals surface area contributed by atoms with Crippen LogP contribution in [0.5, 0.6) is 0 Å². The predicted octanol–water partition coefficient (Wildman–Crippen LogP) is -0.416. The molecule has 1 rings (SSSR count). The van der Waals surface area contributed by atoms with E-state index in [9.17, 15) is 0 Å². The molecule has 0 atom stereocenters. The molecule has 0 spiro atoms. The molecule has 0 amide bonds. The van der Waals surface area contributed by atoms with Gasteiger partial charge in [0, 0.05) is 0 Å². The molecule has 1 aromatic heterocycles. The molecule has 0 radical (unpaired) electrons. The van der Waals surface area contributed by atoms with E-state index >= 15 is 0 Å². The zero-order chi connectivity index (χ0) is 5.11. The van der Waals surface area contributed by atoms with Crippen LogP contribution in [0.25, 0.3) is 0 Å². The second kappa shape index (κ2) is 2.40. The molecular formula is C3H4N2SSe. The van der Waals surface area contributed by atoms with Crippen molar-refractivity contribution in [1.82, 2.24) is 9.97 Å². The van der Waals surface area contributed by atoms with Gasteiger partial charge in [-0.25, -0.2) is 0 Å². The Labute approximate surface area is 52.4 Å². The van der Waals surface area contributed by atoms with E-state index in [4.69, 9.17) is 0 Å². The number of rotatable bonds is 1. The summed E-state index contributed by atoms with van der Waals surface area (Å²) in [5, 5.41) is 0. The van der Waals surface area contributed by atoms with E-state index in [1.54, 1.807) is 12.4 Å². The summed E-state index contributed by atoms with van der Waals surface area (Å²) in [6.45, 7) is 0. The van der Waals surface area contributed by atoms with Gasteiger partial charge in [0.1, 0.15) is 0 Å². The van der Waals surface area contributed by atoms with E-state index < -0.39 is 0 Å². The van der Waals surface area contributed by atoms with Gasteiger partial charge < -0.3 is 0 Å². The van der Waals surface area contributed by atoms with Crippen molar-refractivity contribution in [2.75, 3.05) is 0 Å². The number of aromatic nitrogens is 2. The molecular weight excluding hydrogens is 175 g/mol. The van der Waals surface area contributed by atoms with Crippen molar-refractivity contribution in [3.63, 3.8) is 0 Å². The Bertz CT molecular complexity index is 127. The van der Waals surface area contributed by atoms with E-state index in [-0.39, 0.29) is 13.8 Å². The van der Waals surface area contributed by atoms with E-state index in [2.05, 4.69) is 21.0 Å². The summed E-state index contributed by atoms with van der Waals surface area (Å²) in [7, 11) is 0. The van der Waals surface area contributed by atoms with Crippen molar-refractivity contribution in [2.45, 2.75) is 0 Å². The standard InChI is InChI=1S/C3H4N2SSe/c6-7-3-4-1-2-5-3/h1-2,6H,(H,4,5). The van der Waals surface area contributed by atoms with Gasteiger partial charge in [-0.05, 0) is 0 Å². The topological polar surface area (TPSA) is 28.7 Å². The molecule has 0 aliphatic carbocycles. The van der Waals surface area contributed by atoms with Crippen LogP contribution in [0.1, 0.15) is 0 Å². The van der Waals surface area contributed by atoms with Crippen LogP contribution < -0.4 is 4.72 Å². The first-order chi connectivity index (χ1) is 3.43. The first-order valence-electron chi connectivity index (χ1n) is 1.74. The number of imidazole rings is 1. The van der Waals surface area contributed by atoms with Gasteiger partial charge >= 0.3 is 52.0 Å². The number of nitrogens with zero attached hydrogens (tertiary/aromatic N) is 1. The van der Waals surface area contributed by atoms with Crippen LogP contribution in [0.2, 0.25) is 0 Å². The van der Waals surface area contributed by atoms with Crippen molar-refractivity contribution < 1.29 is 0 Å². The zero-order valence-electron chi connectivity index (χ0n) is 3.46. The second-order valence-corrected chi connectivity index (χ2v) is 3.13. The number of nitrogens with one attached hydrogen (secondary N) is 1. The first kappa shape index (κ1) is 5.22. The number of hydrogen-bond donors (Lipinski definition) is 2. The quantitative estimate of drug-likeness (QED) is 0.445. The molecule has 1 aromatic rings. The summed E-state index contributed by atoms with van der Waals surface area (Å²) in [4.78, 5) is 6.86. The van der Waals surface area contributed by atoms with Gasteiger partial charge in [0.25, 0.3) is 0 Å². The molecule has 0 saturated heterocycles. The summed E-state index contributed by atoms with van der Waals surface area (Å²) >= 11 is 4.27. The minimum absolute atomic E-state index is 0.226. The van der Waals surface area contributed by atoms with Crippen molar-refractivity contribution in [2.24, 2.45) is 0 Å². The summed E-state index contributed by atoms with van der Waals surface area (Å²) in [6, 6.07) is 0. The van der Waals surface area contributed by atoms with Crippen molar-refractivity contribution in [3.8, 4) is 0 Å². The molecule has 2 nitrogen and oxygen atoms in total. The van der Waals surface area contributed by atoms with Gasteiger partial charge in [0.05, 0.1) is 0 Å². The van der Waals surface area contributed by atoms with Crippen molar-refractivity contribution >= 4 is 29.6 Å². The van der Waals surface area contributed by atoms with Crippen LogP contribution in [0.3, 0.4) is 0 Å². The average Bonchev–Trinajstić information content (AvgIpc) is 2.14. The Morgan fingerprint density at radius 1 is 1.86 bits per heavy atom. The normalized spacial score (nSPS) is 9.29. The van der Waals surface area contributed by atoms with Crippen LogP contribution in [-0.4, -0.2) is 23.8 Å². The van der Waals surface area contributed by atoms with Crippen LogP contribution in [0, 0.1) is 0 Å².